The third-order valence-electron chi connectivity index (χ3n) is 5.63. The van der Waals surface area contributed by atoms with Gasteiger partial charge in [-0.2, -0.15) is 0 Å². The summed E-state index contributed by atoms with van der Waals surface area (Å²) in [5.74, 6) is 3.93. The smallest absolute Gasteiger partial charge is 0.135 e. The number of imidazole rings is 1. The van der Waals surface area contributed by atoms with Crippen molar-refractivity contribution in [3.63, 3.8) is 0 Å². The zero-order valence-corrected chi connectivity index (χ0v) is 17.7. The molecule has 1 unspecified atom stereocenters. The van der Waals surface area contributed by atoms with Crippen LogP contribution in [0.15, 0.2) is 30.6 Å². The molecule has 1 atom stereocenters. The highest BCUT2D eigenvalue weighted by Gasteiger charge is 2.24. The van der Waals surface area contributed by atoms with Crippen LogP contribution in [0.5, 0.6) is 0 Å². The predicted octanol–water partition coefficient (Wildman–Crippen LogP) is 3.65. The Hall–Kier alpha value is -2.80. The van der Waals surface area contributed by atoms with Crippen LogP contribution in [0.2, 0.25) is 0 Å². The van der Waals surface area contributed by atoms with E-state index in [0.29, 0.717) is 5.92 Å². The fourth-order valence-electron chi connectivity index (χ4n) is 3.93. The quantitative estimate of drug-likeness (QED) is 0.716. The van der Waals surface area contributed by atoms with E-state index in [2.05, 4.69) is 56.7 Å². The van der Waals surface area contributed by atoms with Gasteiger partial charge in [0, 0.05) is 43.7 Å². The van der Waals surface area contributed by atoms with E-state index >= 15 is 0 Å². The second-order valence-corrected chi connectivity index (χ2v) is 8.02. The molecule has 29 heavy (non-hydrogen) atoms. The van der Waals surface area contributed by atoms with Crippen LogP contribution in [-0.4, -0.2) is 42.5 Å². The number of aryl methyl sites for hydroxylation is 3. The summed E-state index contributed by atoms with van der Waals surface area (Å²) in [5.41, 5.74) is 3.47. The highest BCUT2D eigenvalue weighted by atomic mass is 15.2. The first-order chi connectivity index (χ1) is 14.0. The molecular formula is C22H29N7. The van der Waals surface area contributed by atoms with E-state index in [1.165, 1.54) is 17.7 Å². The van der Waals surface area contributed by atoms with Crippen LogP contribution in [0, 0.1) is 20.8 Å². The van der Waals surface area contributed by atoms with Crippen molar-refractivity contribution in [1.82, 2.24) is 29.4 Å². The maximum atomic E-state index is 4.76. The van der Waals surface area contributed by atoms with Crippen molar-refractivity contribution in [3.8, 4) is 0 Å². The van der Waals surface area contributed by atoms with Crippen LogP contribution in [0.3, 0.4) is 0 Å². The van der Waals surface area contributed by atoms with Crippen LogP contribution < -0.4 is 5.32 Å². The summed E-state index contributed by atoms with van der Waals surface area (Å²) in [6, 6.07) is 6.09. The molecule has 3 aromatic rings. The monoisotopic (exact) mass is 391 g/mol. The normalized spacial score (nSPS) is 17.4. The van der Waals surface area contributed by atoms with Crippen molar-refractivity contribution in [1.29, 1.82) is 0 Å². The Morgan fingerprint density at radius 3 is 2.72 bits per heavy atom. The molecule has 1 aliphatic heterocycles. The Morgan fingerprint density at radius 2 is 1.97 bits per heavy atom. The minimum atomic E-state index is 0.401. The summed E-state index contributed by atoms with van der Waals surface area (Å²) in [6.45, 7) is 9.08. The number of pyridine rings is 1. The van der Waals surface area contributed by atoms with E-state index in [-0.39, 0.29) is 0 Å². The standard InChI is InChI=1S/C22H29N7/c1-15-7-8-23-20(10-15)27-21-11-19(25-17(3)26-21)18-6-5-9-29(13-18)14-22-24-12-16(2)28(22)4/h7-8,10-12,18H,5-6,9,13-14H2,1-4H3,(H,23,25,26,27). The molecular weight excluding hydrogens is 362 g/mol. The molecule has 0 amide bonds. The van der Waals surface area contributed by atoms with Crippen molar-refractivity contribution in [2.45, 2.75) is 46.1 Å². The number of nitrogens with zero attached hydrogens (tertiary/aromatic N) is 6. The molecule has 1 aliphatic rings. The van der Waals surface area contributed by atoms with Crippen molar-refractivity contribution >= 4 is 11.6 Å². The molecule has 4 heterocycles. The molecule has 7 heteroatoms. The van der Waals surface area contributed by atoms with E-state index in [9.17, 15) is 0 Å². The minimum Gasteiger partial charge on any atom is -0.334 e. The Balaban J connectivity index is 1.49. The van der Waals surface area contributed by atoms with Gasteiger partial charge in [-0.15, -0.1) is 0 Å². The van der Waals surface area contributed by atoms with Crippen LogP contribution in [0.4, 0.5) is 11.6 Å². The largest absolute Gasteiger partial charge is 0.334 e. The average Bonchev–Trinajstić information content (AvgIpc) is 3.00. The lowest BCUT2D eigenvalue weighted by Crippen LogP contribution is -2.35. The molecule has 0 bridgehead atoms. The van der Waals surface area contributed by atoms with Crippen molar-refractivity contribution in [2.24, 2.45) is 7.05 Å². The molecule has 1 saturated heterocycles. The van der Waals surface area contributed by atoms with E-state index < -0.39 is 0 Å². The molecule has 1 fully saturated rings. The summed E-state index contributed by atoms with van der Waals surface area (Å²) in [7, 11) is 2.09. The van der Waals surface area contributed by atoms with Gasteiger partial charge in [-0.1, -0.05) is 0 Å². The van der Waals surface area contributed by atoms with E-state index in [4.69, 9.17) is 4.98 Å². The summed E-state index contributed by atoms with van der Waals surface area (Å²) < 4.78 is 2.18. The highest BCUT2D eigenvalue weighted by Crippen LogP contribution is 2.28. The van der Waals surface area contributed by atoms with Crippen molar-refractivity contribution in [2.75, 3.05) is 18.4 Å². The van der Waals surface area contributed by atoms with Gasteiger partial charge in [0.25, 0.3) is 0 Å². The van der Waals surface area contributed by atoms with Crippen LogP contribution in [-0.2, 0) is 13.6 Å². The van der Waals surface area contributed by atoms with Gasteiger partial charge in [0.1, 0.15) is 23.3 Å². The van der Waals surface area contributed by atoms with E-state index in [1.807, 2.05) is 31.5 Å². The summed E-state index contributed by atoms with van der Waals surface area (Å²) >= 11 is 0. The first-order valence-corrected chi connectivity index (χ1v) is 10.2. The van der Waals surface area contributed by atoms with Gasteiger partial charge in [-0.25, -0.2) is 19.9 Å². The minimum absolute atomic E-state index is 0.401. The van der Waals surface area contributed by atoms with E-state index in [0.717, 1.165) is 55.0 Å². The zero-order chi connectivity index (χ0) is 20.4. The van der Waals surface area contributed by atoms with Gasteiger partial charge < -0.3 is 9.88 Å². The van der Waals surface area contributed by atoms with Gasteiger partial charge >= 0.3 is 0 Å². The number of anilines is 2. The molecule has 0 spiro atoms. The fraction of sp³-hybridized carbons (Fsp3) is 0.455. The maximum absolute atomic E-state index is 4.76. The molecule has 7 nitrogen and oxygen atoms in total. The average molecular weight is 392 g/mol. The number of hydrogen-bond donors (Lipinski definition) is 1. The molecule has 3 aromatic heterocycles. The van der Waals surface area contributed by atoms with E-state index in [1.54, 1.807) is 0 Å². The lowest BCUT2D eigenvalue weighted by atomic mass is 9.94. The SMILES string of the molecule is Cc1ccnc(Nc2cc(C3CCCN(Cc4ncc(C)n4C)C3)nc(C)n2)c1. The number of likely N-dealkylation sites (tertiary alicyclic amines) is 1. The summed E-state index contributed by atoms with van der Waals surface area (Å²) in [6.07, 6.45) is 6.07. The highest BCUT2D eigenvalue weighted by molar-refractivity contribution is 5.52. The number of hydrogen-bond acceptors (Lipinski definition) is 6. The Bertz CT molecular complexity index is 995. The van der Waals surface area contributed by atoms with Crippen LogP contribution in [0.25, 0.3) is 0 Å². The lowest BCUT2D eigenvalue weighted by Gasteiger charge is -2.32. The number of rotatable bonds is 5. The van der Waals surface area contributed by atoms with Crippen LogP contribution >= 0.6 is 0 Å². The second-order valence-electron chi connectivity index (χ2n) is 8.02. The maximum Gasteiger partial charge on any atom is 0.135 e. The fourth-order valence-corrected chi connectivity index (χ4v) is 3.93. The Kier molecular flexibility index (Phi) is 5.58. The Labute approximate surface area is 172 Å². The van der Waals surface area contributed by atoms with Crippen molar-refractivity contribution in [3.05, 3.63) is 59.2 Å². The number of piperidine rings is 1. The molecule has 1 N–H and O–H groups in total. The van der Waals surface area contributed by atoms with Crippen LogP contribution in [0.1, 0.15) is 47.4 Å². The number of nitrogens with one attached hydrogen (secondary N) is 1. The van der Waals surface area contributed by atoms with Crippen molar-refractivity contribution < 1.29 is 0 Å². The molecule has 0 aromatic carbocycles. The molecule has 0 radical (unpaired) electrons. The Morgan fingerprint density at radius 1 is 1.10 bits per heavy atom. The molecule has 0 aliphatic carbocycles. The van der Waals surface area contributed by atoms with Gasteiger partial charge in [0.2, 0.25) is 0 Å². The summed E-state index contributed by atoms with van der Waals surface area (Å²) in [5, 5.41) is 3.34. The first-order valence-electron chi connectivity index (χ1n) is 10.2. The van der Waals surface area contributed by atoms with Gasteiger partial charge in [0.05, 0.1) is 12.2 Å². The zero-order valence-electron chi connectivity index (χ0n) is 17.7. The predicted molar refractivity (Wildman–Crippen MR) is 114 cm³/mol. The summed E-state index contributed by atoms with van der Waals surface area (Å²) in [4.78, 5) is 20.8. The molecule has 0 saturated carbocycles. The molecule has 4 rings (SSSR count). The number of aromatic nitrogens is 5. The third kappa shape index (κ3) is 4.62. The first kappa shape index (κ1) is 19.5. The second kappa shape index (κ2) is 8.29. The van der Waals surface area contributed by atoms with Gasteiger partial charge in [0.15, 0.2) is 0 Å². The third-order valence-corrected chi connectivity index (χ3v) is 5.63. The topological polar surface area (TPSA) is 71.8 Å². The van der Waals surface area contributed by atoms with Gasteiger partial charge in [-0.3, -0.25) is 4.90 Å². The lowest BCUT2D eigenvalue weighted by molar-refractivity contribution is 0.192. The van der Waals surface area contributed by atoms with Gasteiger partial charge in [-0.05, 0) is 57.9 Å². The molecule has 152 valence electrons.